The molecule has 1 aliphatic rings. The second kappa shape index (κ2) is 3.92. The highest BCUT2D eigenvalue weighted by Gasteiger charge is 2.29. The van der Waals surface area contributed by atoms with Crippen molar-refractivity contribution in [3.63, 3.8) is 0 Å². The van der Waals surface area contributed by atoms with Gasteiger partial charge < -0.3 is 20.5 Å². The zero-order chi connectivity index (χ0) is 12.6. The first-order valence-corrected chi connectivity index (χ1v) is 5.42. The zero-order valence-electron chi connectivity index (χ0n) is 9.93. The van der Waals surface area contributed by atoms with E-state index in [9.17, 15) is 9.90 Å². The van der Waals surface area contributed by atoms with Crippen LogP contribution in [0.1, 0.15) is 13.8 Å². The Kier molecular flexibility index (Phi) is 2.71. The number of carbonyl (C=O) groups is 1. The molecule has 0 aliphatic carbocycles. The molecule has 2 rings (SSSR count). The Bertz CT molecular complexity index is 452. The van der Waals surface area contributed by atoms with E-state index < -0.39 is 5.60 Å². The number of nitrogens with zero attached hydrogens (tertiary/aromatic N) is 1. The predicted octanol–water partition coefficient (Wildman–Crippen LogP) is 0.765. The minimum atomic E-state index is -0.953. The number of carbonyl (C=O) groups excluding carboxylic acids is 1. The van der Waals surface area contributed by atoms with Gasteiger partial charge in [-0.3, -0.25) is 4.79 Å². The van der Waals surface area contributed by atoms with Crippen molar-refractivity contribution in [1.29, 1.82) is 0 Å². The van der Waals surface area contributed by atoms with E-state index >= 15 is 0 Å². The predicted molar refractivity (Wildman–Crippen MR) is 65.0 cm³/mol. The molecular weight excluding hydrogens is 220 g/mol. The summed E-state index contributed by atoms with van der Waals surface area (Å²) in [4.78, 5) is 13.3. The highest BCUT2D eigenvalue weighted by Crippen LogP contribution is 2.34. The van der Waals surface area contributed by atoms with Crippen molar-refractivity contribution in [2.24, 2.45) is 0 Å². The van der Waals surface area contributed by atoms with Gasteiger partial charge in [0.2, 0.25) is 0 Å². The average Bonchev–Trinajstić information content (AvgIpc) is 2.21. The lowest BCUT2D eigenvalue weighted by molar-refractivity contribution is -0.122. The van der Waals surface area contributed by atoms with E-state index in [-0.39, 0.29) is 19.1 Å². The third-order valence-corrected chi connectivity index (χ3v) is 2.47. The van der Waals surface area contributed by atoms with Crippen molar-refractivity contribution in [1.82, 2.24) is 0 Å². The van der Waals surface area contributed by atoms with Crippen LogP contribution in [0.4, 0.5) is 11.4 Å². The van der Waals surface area contributed by atoms with E-state index in [2.05, 4.69) is 0 Å². The highest BCUT2D eigenvalue weighted by atomic mass is 16.5. The summed E-state index contributed by atoms with van der Waals surface area (Å²) in [7, 11) is 0. The second-order valence-electron chi connectivity index (χ2n) is 4.81. The molecule has 0 saturated carbocycles. The summed E-state index contributed by atoms with van der Waals surface area (Å²) in [6, 6.07) is 5.12. The minimum absolute atomic E-state index is 0.0213. The first-order chi connectivity index (χ1) is 7.87. The van der Waals surface area contributed by atoms with Crippen molar-refractivity contribution < 1.29 is 14.6 Å². The number of anilines is 2. The first kappa shape index (κ1) is 11.7. The van der Waals surface area contributed by atoms with Gasteiger partial charge in [-0.1, -0.05) is 0 Å². The number of aliphatic hydroxyl groups is 1. The van der Waals surface area contributed by atoms with Gasteiger partial charge in [-0.2, -0.15) is 0 Å². The van der Waals surface area contributed by atoms with E-state index in [0.717, 1.165) is 0 Å². The Balaban J connectivity index is 2.37. The third-order valence-electron chi connectivity index (χ3n) is 2.47. The fraction of sp³-hybridized carbons (Fsp3) is 0.417. The molecule has 1 aromatic rings. The quantitative estimate of drug-likeness (QED) is 0.743. The Morgan fingerprint density at radius 3 is 2.88 bits per heavy atom. The maximum absolute atomic E-state index is 11.8. The number of nitrogen functional groups attached to an aromatic ring is 1. The number of rotatable bonds is 2. The van der Waals surface area contributed by atoms with Crippen LogP contribution in [0.5, 0.6) is 5.75 Å². The number of hydrogen-bond acceptors (Lipinski definition) is 4. The lowest BCUT2D eigenvalue weighted by Crippen LogP contribution is -2.46. The summed E-state index contributed by atoms with van der Waals surface area (Å²) in [5.41, 5.74) is 5.94. The number of fused-ring (bicyclic) bond motifs is 1. The van der Waals surface area contributed by atoms with Crippen LogP contribution in [0.2, 0.25) is 0 Å². The summed E-state index contributed by atoms with van der Waals surface area (Å²) in [6.07, 6.45) is 0. The standard InChI is InChI=1S/C12H16N2O3/c1-12(2,16)7-14-9-4-3-8(13)5-10(9)17-6-11(14)15/h3-5,16H,6-7,13H2,1-2H3. The van der Waals surface area contributed by atoms with Gasteiger partial charge in [-0.25, -0.2) is 0 Å². The number of hydrogen-bond donors (Lipinski definition) is 2. The summed E-state index contributed by atoms with van der Waals surface area (Å²) in [5, 5.41) is 9.81. The molecule has 3 N–H and O–H groups in total. The Morgan fingerprint density at radius 2 is 2.24 bits per heavy atom. The maximum Gasteiger partial charge on any atom is 0.265 e. The molecule has 5 heteroatoms. The number of β-amino-alcohol motifs (C(OH)–C–C–N with tert-alkyl or cyclic N) is 1. The monoisotopic (exact) mass is 236 g/mol. The van der Waals surface area contributed by atoms with Crippen molar-refractivity contribution in [2.45, 2.75) is 19.4 Å². The van der Waals surface area contributed by atoms with Crippen LogP contribution in [0.25, 0.3) is 0 Å². The van der Waals surface area contributed by atoms with Crippen LogP contribution < -0.4 is 15.4 Å². The number of ether oxygens (including phenoxy) is 1. The van der Waals surface area contributed by atoms with Gasteiger partial charge in [-0.15, -0.1) is 0 Å². The molecule has 0 saturated heterocycles. The zero-order valence-corrected chi connectivity index (χ0v) is 9.93. The molecular formula is C12H16N2O3. The van der Waals surface area contributed by atoms with Gasteiger partial charge in [0, 0.05) is 11.8 Å². The van der Waals surface area contributed by atoms with Crippen LogP contribution >= 0.6 is 0 Å². The van der Waals surface area contributed by atoms with E-state index in [0.29, 0.717) is 17.1 Å². The molecule has 0 spiro atoms. The van der Waals surface area contributed by atoms with E-state index in [1.807, 2.05) is 0 Å². The Labute approximate surface area is 99.8 Å². The molecule has 1 amide bonds. The van der Waals surface area contributed by atoms with Crippen molar-refractivity contribution >= 4 is 17.3 Å². The number of nitrogens with two attached hydrogens (primary N) is 1. The van der Waals surface area contributed by atoms with Gasteiger partial charge in [0.05, 0.1) is 17.8 Å². The third kappa shape index (κ3) is 2.50. The van der Waals surface area contributed by atoms with Crippen LogP contribution in [-0.4, -0.2) is 29.8 Å². The smallest absolute Gasteiger partial charge is 0.265 e. The van der Waals surface area contributed by atoms with Crippen LogP contribution in [0.3, 0.4) is 0 Å². The lowest BCUT2D eigenvalue weighted by atomic mass is 10.1. The van der Waals surface area contributed by atoms with E-state index in [1.54, 1.807) is 32.0 Å². The lowest BCUT2D eigenvalue weighted by Gasteiger charge is -2.33. The molecule has 0 atom stereocenters. The minimum Gasteiger partial charge on any atom is -0.481 e. The second-order valence-corrected chi connectivity index (χ2v) is 4.81. The fourth-order valence-corrected chi connectivity index (χ4v) is 1.78. The van der Waals surface area contributed by atoms with Crippen molar-refractivity contribution in [3.8, 4) is 5.75 Å². The molecule has 1 heterocycles. The van der Waals surface area contributed by atoms with Gasteiger partial charge >= 0.3 is 0 Å². The summed E-state index contributed by atoms with van der Waals surface area (Å²) >= 11 is 0. The summed E-state index contributed by atoms with van der Waals surface area (Å²) in [5.74, 6) is 0.415. The average molecular weight is 236 g/mol. The number of amides is 1. The van der Waals surface area contributed by atoms with Crippen LogP contribution in [0, 0.1) is 0 Å². The van der Waals surface area contributed by atoms with E-state index in [4.69, 9.17) is 10.5 Å². The largest absolute Gasteiger partial charge is 0.481 e. The Hall–Kier alpha value is -1.75. The van der Waals surface area contributed by atoms with Crippen LogP contribution in [0.15, 0.2) is 18.2 Å². The maximum atomic E-state index is 11.8. The molecule has 1 aliphatic heterocycles. The Morgan fingerprint density at radius 1 is 1.53 bits per heavy atom. The molecule has 0 unspecified atom stereocenters. The summed E-state index contributed by atoms with van der Waals surface area (Å²) < 4.78 is 5.31. The van der Waals surface area contributed by atoms with E-state index in [1.165, 1.54) is 4.90 Å². The van der Waals surface area contributed by atoms with Gasteiger partial charge in [-0.05, 0) is 26.0 Å². The first-order valence-electron chi connectivity index (χ1n) is 5.42. The van der Waals surface area contributed by atoms with Crippen molar-refractivity contribution in [3.05, 3.63) is 18.2 Å². The molecule has 1 aromatic carbocycles. The van der Waals surface area contributed by atoms with Crippen LogP contribution in [-0.2, 0) is 4.79 Å². The van der Waals surface area contributed by atoms with Crippen molar-refractivity contribution in [2.75, 3.05) is 23.8 Å². The molecule has 0 fully saturated rings. The molecule has 17 heavy (non-hydrogen) atoms. The molecule has 0 radical (unpaired) electrons. The highest BCUT2D eigenvalue weighted by molar-refractivity contribution is 5.98. The SMILES string of the molecule is CC(C)(O)CN1C(=O)COc2cc(N)ccc21. The molecule has 0 bridgehead atoms. The molecule has 5 nitrogen and oxygen atoms in total. The molecule has 92 valence electrons. The topological polar surface area (TPSA) is 75.8 Å². The normalized spacial score (nSPS) is 15.5. The summed E-state index contributed by atoms with van der Waals surface area (Å²) in [6.45, 7) is 3.53. The molecule has 0 aromatic heterocycles. The number of benzene rings is 1. The van der Waals surface area contributed by atoms with Gasteiger partial charge in [0.1, 0.15) is 5.75 Å². The fourth-order valence-electron chi connectivity index (χ4n) is 1.78. The van der Waals surface area contributed by atoms with Gasteiger partial charge in [0.15, 0.2) is 6.61 Å². The van der Waals surface area contributed by atoms with Gasteiger partial charge in [0.25, 0.3) is 5.91 Å².